The lowest BCUT2D eigenvalue weighted by atomic mass is 9.97. The van der Waals surface area contributed by atoms with E-state index in [1.165, 1.54) is 12.3 Å². The van der Waals surface area contributed by atoms with Crippen molar-refractivity contribution in [3.05, 3.63) is 40.3 Å². The smallest absolute Gasteiger partial charge is 0.230 e. The van der Waals surface area contributed by atoms with Crippen LogP contribution in [0.1, 0.15) is 34.2 Å². The number of fused-ring (bicyclic) bond motifs is 1. The summed E-state index contributed by atoms with van der Waals surface area (Å²) >= 11 is 5.82. The number of pyridine rings is 1. The van der Waals surface area contributed by atoms with Crippen LogP contribution in [-0.4, -0.2) is 22.5 Å². The zero-order valence-electron chi connectivity index (χ0n) is 9.49. The van der Waals surface area contributed by atoms with Crippen molar-refractivity contribution < 1.29 is 14.4 Å². The largest absolute Gasteiger partial charge is 0.321 e. The van der Waals surface area contributed by atoms with Crippen molar-refractivity contribution in [3.8, 4) is 0 Å². The van der Waals surface area contributed by atoms with Crippen molar-refractivity contribution in [2.24, 2.45) is 0 Å². The SMILES string of the molecule is CCC(=O)NC1=C(Cl)C(=O)c2cccnc2C1=O. The molecule has 1 N–H and O–H groups in total. The fourth-order valence-electron chi connectivity index (χ4n) is 1.56. The number of amides is 1. The van der Waals surface area contributed by atoms with E-state index in [1.807, 2.05) is 0 Å². The summed E-state index contributed by atoms with van der Waals surface area (Å²) in [5, 5.41) is 2.06. The Hall–Kier alpha value is -2.01. The van der Waals surface area contributed by atoms with Gasteiger partial charge < -0.3 is 5.32 Å². The van der Waals surface area contributed by atoms with E-state index >= 15 is 0 Å². The Bertz CT molecular complexity index is 593. The Labute approximate surface area is 108 Å². The maximum atomic E-state index is 12.1. The van der Waals surface area contributed by atoms with Crippen LogP contribution in [0.25, 0.3) is 0 Å². The lowest BCUT2D eigenvalue weighted by Gasteiger charge is -2.16. The van der Waals surface area contributed by atoms with Gasteiger partial charge in [0.15, 0.2) is 0 Å². The number of Topliss-reactive ketones (excluding diaryl/α,β-unsaturated/α-hetero) is 2. The molecule has 0 spiro atoms. The van der Waals surface area contributed by atoms with Gasteiger partial charge in [0.2, 0.25) is 17.5 Å². The number of nitrogens with one attached hydrogen (secondary N) is 1. The Morgan fingerprint density at radius 2 is 2.11 bits per heavy atom. The molecule has 0 atom stereocenters. The van der Waals surface area contributed by atoms with E-state index in [0.717, 1.165) is 0 Å². The van der Waals surface area contributed by atoms with E-state index in [2.05, 4.69) is 10.3 Å². The molecule has 1 heterocycles. The number of hydrogen-bond acceptors (Lipinski definition) is 4. The van der Waals surface area contributed by atoms with E-state index in [0.29, 0.717) is 0 Å². The van der Waals surface area contributed by atoms with Crippen molar-refractivity contribution in [1.82, 2.24) is 10.3 Å². The third kappa shape index (κ3) is 1.93. The van der Waals surface area contributed by atoms with E-state index in [-0.39, 0.29) is 34.3 Å². The normalized spacial score (nSPS) is 14.6. The summed E-state index contributed by atoms with van der Waals surface area (Å²) in [7, 11) is 0. The number of ketones is 2. The molecule has 5 nitrogen and oxygen atoms in total. The molecule has 0 fully saturated rings. The minimum absolute atomic E-state index is 0.0123. The molecular weight excluding hydrogens is 256 g/mol. The van der Waals surface area contributed by atoms with Crippen molar-refractivity contribution in [3.63, 3.8) is 0 Å². The Morgan fingerprint density at radius 1 is 1.39 bits per heavy atom. The molecule has 0 radical (unpaired) electrons. The lowest BCUT2D eigenvalue weighted by Crippen LogP contribution is -2.33. The number of halogens is 1. The molecule has 0 aromatic carbocycles. The third-order valence-electron chi connectivity index (χ3n) is 2.50. The van der Waals surface area contributed by atoms with Crippen LogP contribution in [-0.2, 0) is 4.79 Å². The van der Waals surface area contributed by atoms with Crippen LogP contribution in [0.4, 0.5) is 0 Å². The van der Waals surface area contributed by atoms with Gasteiger partial charge in [0.1, 0.15) is 16.4 Å². The summed E-state index contributed by atoms with van der Waals surface area (Å²) in [5.41, 5.74) is -0.0278. The second kappa shape index (κ2) is 4.70. The first-order valence-electron chi connectivity index (χ1n) is 5.30. The second-order valence-corrected chi connectivity index (χ2v) is 4.03. The summed E-state index contributed by atoms with van der Waals surface area (Å²) in [6.07, 6.45) is 1.59. The number of hydrogen-bond donors (Lipinski definition) is 1. The quantitative estimate of drug-likeness (QED) is 0.877. The van der Waals surface area contributed by atoms with E-state index in [9.17, 15) is 14.4 Å². The maximum absolute atomic E-state index is 12.1. The molecular formula is C12H9ClN2O3. The highest BCUT2D eigenvalue weighted by Gasteiger charge is 2.33. The lowest BCUT2D eigenvalue weighted by molar-refractivity contribution is -0.120. The highest BCUT2D eigenvalue weighted by molar-refractivity contribution is 6.49. The molecule has 1 aromatic rings. The fraction of sp³-hybridized carbons (Fsp3) is 0.167. The predicted molar refractivity (Wildman–Crippen MR) is 64.2 cm³/mol. The van der Waals surface area contributed by atoms with Crippen LogP contribution in [0.3, 0.4) is 0 Å². The molecule has 0 bridgehead atoms. The molecule has 6 heteroatoms. The minimum Gasteiger partial charge on any atom is -0.321 e. The summed E-state index contributed by atoms with van der Waals surface area (Å²) in [5.74, 6) is -1.44. The summed E-state index contributed by atoms with van der Waals surface area (Å²) < 4.78 is 0. The van der Waals surface area contributed by atoms with Gasteiger partial charge in [-0.25, -0.2) is 0 Å². The van der Waals surface area contributed by atoms with Crippen molar-refractivity contribution in [2.45, 2.75) is 13.3 Å². The molecule has 92 valence electrons. The summed E-state index contributed by atoms with van der Waals surface area (Å²) in [6, 6.07) is 3.02. The topological polar surface area (TPSA) is 76.1 Å². The molecule has 0 saturated carbocycles. The predicted octanol–water partition coefficient (Wildman–Crippen LogP) is 1.44. The van der Waals surface area contributed by atoms with Gasteiger partial charge in [-0.05, 0) is 12.1 Å². The van der Waals surface area contributed by atoms with E-state index < -0.39 is 11.6 Å². The van der Waals surface area contributed by atoms with E-state index in [4.69, 9.17) is 11.6 Å². The van der Waals surface area contributed by atoms with Crippen molar-refractivity contribution in [2.75, 3.05) is 0 Å². The molecule has 18 heavy (non-hydrogen) atoms. The fourth-order valence-corrected chi connectivity index (χ4v) is 1.79. The van der Waals surface area contributed by atoms with Gasteiger partial charge in [0.05, 0.1) is 5.56 Å². The molecule has 2 rings (SSSR count). The van der Waals surface area contributed by atoms with Crippen LogP contribution in [0.2, 0.25) is 0 Å². The average Bonchev–Trinajstić information content (AvgIpc) is 2.40. The Morgan fingerprint density at radius 3 is 2.78 bits per heavy atom. The van der Waals surface area contributed by atoms with Crippen LogP contribution in [0.5, 0.6) is 0 Å². The molecule has 0 unspecified atom stereocenters. The first-order chi connectivity index (χ1) is 8.56. The molecule has 1 aliphatic rings. The summed E-state index contributed by atoms with van der Waals surface area (Å²) in [6.45, 7) is 1.63. The highest BCUT2D eigenvalue weighted by atomic mass is 35.5. The average molecular weight is 265 g/mol. The third-order valence-corrected chi connectivity index (χ3v) is 2.86. The van der Waals surface area contributed by atoms with Gasteiger partial charge in [0, 0.05) is 12.6 Å². The Balaban J connectivity index is 2.50. The summed E-state index contributed by atoms with van der Waals surface area (Å²) in [4.78, 5) is 39.1. The monoisotopic (exact) mass is 264 g/mol. The molecule has 1 amide bonds. The first-order valence-corrected chi connectivity index (χ1v) is 5.68. The van der Waals surface area contributed by atoms with Crippen molar-refractivity contribution >= 4 is 29.1 Å². The highest BCUT2D eigenvalue weighted by Crippen LogP contribution is 2.25. The van der Waals surface area contributed by atoms with Gasteiger partial charge in [0.25, 0.3) is 0 Å². The van der Waals surface area contributed by atoms with Crippen LogP contribution >= 0.6 is 11.6 Å². The standard InChI is InChI=1S/C12H9ClN2O3/c1-2-7(16)15-10-8(13)11(17)6-4-3-5-14-9(6)12(10)18/h3-5H,2H2,1H3,(H,15,16). The first kappa shape index (κ1) is 12.4. The van der Waals surface area contributed by atoms with Gasteiger partial charge in [-0.1, -0.05) is 18.5 Å². The number of carbonyl (C=O) groups excluding carboxylic acids is 3. The number of carbonyl (C=O) groups is 3. The molecule has 1 aromatic heterocycles. The van der Waals surface area contributed by atoms with Crippen molar-refractivity contribution in [1.29, 1.82) is 0 Å². The number of nitrogens with zero attached hydrogens (tertiary/aromatic N) is 1. The zero-order valence-corrected chi connectivity index (χ0v) is 10.2. The number of allylic oxidation sites excluding steroid dienone is 2. The molecule has 1 aliphatic carbocycles. The Kier molecular flexibility index (Phi) is 3.25. The van der Waals surface area contributed by atoms with Gasteiger partial charge in [-0.2, -0.15) is 0 Å². The van der Waals surface area contributed by atoms with Gasteiger partial charge in [-0.15, -0.1) is 0 Å². The van der Waals surface area contributed by atoms with Gasteiger partial charge in [-0.3, -0.25) is 19.4 Å². The second-order valence-electron chi connectivity index (χ2n) is 3.65. The van der Waals surface area contributed by atoms with Gasteiger partial charge >= 0.3 is 0 Å². The zero-order chi connectivity index (χ0) is 13.3. The molecule has 0 saturated heterocycles. The maximum Gasteiger partial charge on any atom is 0.230 e. The molecule has 0 aliphatic heterocycles. The van der Waals surface area contributed by atoms with Crippen LogP contribution in [0, 0.1) is 0 Å². The van der Waals surface area contributed by atoms with Crippen LogP contribution < -0.4 is 5.32 Å². The number of aromatic nitrogens is 1. The van der Waals surface area contributed by atoms with Crippen LogP contribution in [0.15, 0.2) is 29.1 Å². The minimum atomic E-state index is -0.544. The van der Waals surface area contributed by atoms with E-state index in [1.54, 1.807) is 13.0 Å². The number of rotatable bonds is 2.